The first-order valence-corrected chi connectivity index (χ1v) is 13.5. The van der Waals surface area contributed by atoms with Gasteiger partial charge in [0.2, 0.25) is 0 Å². The van der Waals surface area contributed by atoms with Gasteiger partial charge in [-0.05, 0) is 50.0 Å². The van der Waals surface area contributed by atoms with Gasteiger partial charge >= 0.3 is 11.4 Å². The van der Waals surface area contributed by atoms with Gasteiger partial charge in [-0.25, -0.2) is 9.59 Å². The summed E-state index contributed by atoms with van der Waals surface area (Å²) in [5.74, 6) is 4.44. The molecule has 8 heteroatoms. The second-order valence-electron chi connectivity index (χ2n) is 7.94. The van der Waals surface area contributed by atoms with Crippen LogP contribution >= 0.6 is 23.5 Å². The molecule has 0 unspecified atom stereocenters. The van der Waals surface area contributed by atoms with E-state index >= 15 is 0 Å². The second-order valence-corrected chi connectivity index (χ2v) is 10.2. The van der Waals surface area contributed by atoms with Gasteiger partial charge in [0.25, 0.3) is 0 Å². The van der Waals surface area contributed by atoms with Crippen molar-refractivity contribution >= 4 is 23.5 Å². The molecule has 2 aromatic heterocycles. The number of nitrogens with zero attached hydrogens (tertiary/aromatic N) is 4. The van der Waals surface area contributed by atoms with Crippen LogP contribution in [-0.2, 0) is 45.5 Å². The van der Waals surface area contributed by atoms with Crippen LogP contribution in [0.5, 0.6) is 0 Å². The molecule has 0 bridgehead atoms. The van der Waals surface area contributed by atoms with Gasteiger partial charge in [0.15, 0.2) is 0 Å². The summed E-state index contributed by atoms with van der Waals surface area (Å²) in [5, 5.41) is 0. The summed E-state index contributed by atoms with van der Waals surface area (Å²) in [5.41, 5.74) is 5.38. The predicted molar refractivity (Wildman–Crippen MR) is 129 cm³/mol. The molecular weight excluding hydrogens is 416 g/mol. The van der Waals surface area contributed by atoms with Gasteiger partial charge in [-0.2, -0.15) is 23.5 Å². The number of imidazole rings is 2. The number of aromatic nitrogens is 4. The summed E-state index contributed by atoms with van der Waals surface area (Å²) in [6, 6.07) is 0.524. The maximum absolute atomic E-state index is 12.1. The fourth-order valence-corrected chi connectivity index (χ4v) is 6.33. The van der Waals surface area contributed by atoms with Gasteiger partial charge in [0.05, 0.1) is 11.4 Å². The molecule has 30 heavy (non-hydrogen) atoms. The van der Waals surface area contributed by atoms with E-state index in [4.69, 9.17) is 0 Å². The maximum Gasteiger partial charge on any atom is 0.328 e. The average molecular weight is 453 g/mol. The van der Waals surface area contributed by atoms with E-state index in [0.29, 0.717) is 6.04 Å². The molecule has 0 atom stereocenters. The van der Waals surface area contributed by atoms with E-state index < -0.39 is 0 Å². The molecule has 6 nitrogen and oxygen atoms in total. The lowest BCUT2D eigenvalue weighted by atomic mass is 10.2. The standard InChI is InChI=1S/C11H16N2OS.C9H14N2OS.C2H6/c1-12-10-7-15-6-2-3-9(10)13(11(12)14)8-4-5-8;1-10-7-4-3-5-13-6-8(7)11(2)9(10)12;1-2/h8H,2-7H2,1H3;3-6H2,1-2H3;1-2H3. The highest BCUT2D eigenvalue weighted by atomic mass is 32.2. The van der Waals surface area contributed by atoms with Crippen LogP contribution < -0.4 is 11.4 Å². The molecule has 1 fully saturated rings. The molecule has 0 saturated heterocycles. The van der Waals surface area contributed by atoms with Gasteiger partial charge in [-0.15, -0.1) is 0 Å². The van der Waals surface area contributed by atoms with Gasteiger partial charge in [-0.3, -0.25) is 18.3 Å². The van der Waals surface area contributed by atoms with Gasteiger partial charge in [-0.1, -0.05) is 13.8 Å². The highest BCUT2D eigenvalue weighted by molar-refractivity contribution is 7.98. The highest BCUT2D eigenvalue weighted by Gasteiger charge is 2.31. The van der Waals surface area contributed by atoms with Crippen molar-refractivity contribution in [1.29, 1.82) is 0 Å². The predicted octanol–water partition coefficient (Wildman–Crippen LogP) is 3.63. The summed E-state index contributed by atoms with van der Waals surface area (Å²) in [4.78, 5) is 23.7. The molecule has 0 N–H and O–H groups in total. The third kappa shape index (κ3) is 4.64. The van der Waals surface area contributed by atoms with Crippen LogP contribution in [0, 0.1) is 0 Å². The van der Waals surface area contributed by atoms with Crippen LogP contribution in [0.3, 0.4) is 0 Å². The minimum absolute atomic E-state index is 0.118. The molecule has 3 aliphatic rings. The summed E-state index contributed by atoms with van der Waals surface area (Å²) in [6.07, 6.45) is 6.94. The van der Waals surface area contributed by atoms with E-state index in [-0.39, 0.29) is 11.4 Å². The Balaban J connectivity index is 0.000000159. The lowest BCUT2D eigenvalue weighted by molar-refractivity contribution is 0.644. The van der Waals surface area contributed by atoms with Crippen molar-refractivity contribution in [2.75, 3.05) is 11.5 Å². The van der Waals surface area contributed by atoms with Crippen molar-refractivity contribution in [1.82, 2.24) is 18.3 Å². The van der Waals surface area contributed by atoms with Crippen molar-refractivity contribution in [3.05, 3.63) is 43.7 Å². The molecule has 168 valence electrons. The van der Waals surface area contributed by atoms with Crippen LogP contribution in [0.15, 0.2) is 9.59 Å². The Kier molecular flexibility index (Phi) is 8.07. The van der Waals surface area contributed by atoms with Gasteiger partial charge < -0.3 is 0 Å². The van der Waals surface area contributed by atoms with Crippen molar-refractivity contribution in [2.24, 2.45) is 21.1 Å². The maximum atomic E-state index is 12.1. The first kappa shape index (κ1) is 23.4. The fraction of sp³-hybridized carbons (Fsp3) is 0.727. The highest BCUT2D eigenvalue weighted by Crippen LogP contribution is 2.37. The topological polar surface area (TPSA) is 53.9 Å². The van der Waals surface area contributed by atoms with Crippen LogP contribution in [-0.4, -0.2) is 29.8 Å². The monoisotopic (exact) mass is 452 g/mol. The van der Waals surface area contributed by atoms with Crippen molar-refractivity contribution in [2.45, 2.75) is 69.9 Å². The number of hydrogen-bond donors (Lipinski definition) is 0. The number of hydrogen-bond acceptors (Lipinski definition) is 4. The first-order valence-electron chi connectivity index (χ1n) is 11.2. The summed E-state index contributed by atoms with van der Waals surface area (Å²) in [6.45, 7) is 4.00. The lowest BCUT2D eigenvalue weighted by Gasteiger charge is -2.04. The molecule has 1 aliphatic carbocycles. The molecule has 2 aliphatic heterocycles. The number of thioether (sulfide) groups is 2. The zero-order valence-electron chi connectivity index (χ0n) is 19.1. The molecule has 0 amide bonds. The summed E-state index contributed by atoms with van der Waals surface area (Å²) >= 11 is 3.88. The van der Waals surface area contributed by atoms with Crippen LogP contribution in [0.4, 0.5) is 0 Å². The molecule has 0 spiro atoms. The Morgan fingerprint density at radius 3 is 1.73 bits per heavy atom. The quantitative estimate of drug-likeness (QED) is 0.663. The molecular formula is C22H36N4O2S2. The third-order valence-corrected chi connectivity index (χ3v) is 8.14. The van der Waals surface area contributed by atoms with Crippen LogP contribution in [0.25, 0.3) is 0 Å². The molecule has 2 aromatic rings. The van der Waals surface area contributed by atoms with Crippen molar-refractivity contribution < 1.29 is 0 Å². The van der Waals surface area contributed by atoms with E-state index in [9.17, 15) is 9.59 Å². The Bertz CT molecular complexity index is 946. The Labute approximate surface area is 188 Å². The molecule has 5 rings (SSSR count). The fourth-order valence-electron chi connectivity index (χ4n) is 4.24. The lowest BCUT2D eigenvalue weighted by Crippen LogP contribution is -2.23. The summed E-state index contributed by atoms with van der Waals surface area (Å²) < 4.78 is 7.52. The molecule has 0 radical (unpaired) electrons. The molecule has 0 aromatic carbocycles. The summed E-state index contributed by atoms with van der Waals surface area (Å²) in [7, 11) is 5.66. The normalized spacial score (nSPS) is 18.0. The Hall–Kier alpha value is -1.28. The van der Waals surface area contributed by atoms with E-state index in [2.05, 4.69) is 4.57 Å². The largest absolute Gasteiger partial charge is 0.328 e. The zero-order valence-corrected chi connectivity index (χ0v) is 20.7. The van der Waals surface area contributed by atoms with Gasteiger partial charge in [0, 0.05) is 50.1 Å². The Morgan fingerprint density at radius 2 is 1.17 bits per heavy atom. The van der Waals surface area contributed by atoms with E-state index in [1.165, 1.54) is 60.0 Å². The molecule has 1 saturated carbocycles. The zero-order chi connectivity index (χ0) is 21.8. The Morgan fingerprint density at radius 1 is 0.700 bits per heavy atom. The SMILES string of the molecule is CC.Cn1c2c(n(C)c1=O)CSCCC2.Cn1c2c(n(C3CC3)c1=O)CCCSC2. The smallest absolute Gasteiger partial charge is 0.299 e. The second kappa shape index (κ2) is 10.4. The van der Waals surface area contributed by atoms with E-state index in [0.717, 1.165) is 24.3 Å². The van der Waals surface area contributed by atoms with E-state index in [1.54, 1.807) is 9.13 Å². The van der Waals surface area contributed by atoms with Gasteiger partial charge in [0.1, 0.15) is 0 Å². The average Bonchev–Trinajstić information content (AvgIpc) is 3.58. The van der Waals surface area contributed by atoms with Crippen molar-refractivity contribution in [3.8, 4) is 0 Å². The minimum Gasteiger partial charge on any atom is -0.299 e. The minimum atomic E-state index is 0.118. The third-order valence-electron chi connectivity index (χ3n) is 6.03. The van der Waals surface area contributed by atoms with E-state index in [1.807, 2.05) is 63.1 Å². The van der Waals surface area contributed by atoms with Crippen LogP contribution in [0.1, 0.15) is 68.3 Å². The van der Waals surface area contributed by atoms with Crippen molar-refractivity contribution in [3.63, 3.8) is 0 Å². The first-order chi connectivity index (χ1) is 14.5. The number of rotatable bonds is 1. The van der Waals surface area contributed by atoms with Crippen LogP contribution in [0.2, 0.25) is 0 Å². The number of fused-ring (bicyclic) bond motifs is 2. The molecule has 4 heterocycles.